The van der Waals surface area contributed by atoms with Crippen LogP contribution >= 0.6 is 11.3 Å². The van der Waals surface area contributed by atoms with Gasteiger partial charge in [0.25, 0.3) is 0 Å². The zero-order chi connectivity index (χ0) is 13.0. The normalized spacial score (nSPS) is 12.0. The monoisotopic (exact) mass is 259 g/mol. The number of aromatic nitrogens is 1. The number of fused-ring (bicyclic) bond motifs is 1. The lowest BCUT2D eigenvalue weighted by Crippen LogP contribution is -2.21. The molecule has 1 atom stereocenters. The van der Waals surface area contributed by atoms with Gasteiger partial charge in [0.05, 0.1) is 21.8 Å². The molecule has 0 fully saturated rings. The first-order valence-corrected chi connectivity index (χ1v) is 6.66. The highest BCUT2D eigenvalue weighted by atomic mass is 32.1. The Balaban J connectivity index is 2.13. The lowest BCUT2D eigenvalue weighted by Gasteiger charge is -2.09. The highest BCUT2D eigenvalue weighted by Crippen LogP contribution is 2.22. The second-order valence-corrected chi connectivity index (χ2v) is 4.88. The van der Waals surface area contributed by atoms with Crippen LogP contribution in [0.4, 0.5) is 5.69 Å². The van der Waals surface area contributed by atoms with E-state index in [2.05, 4.69) is 10.3 Å². The van der Waals surface area contributed by atoms with Crippen LogP contribution in [0.2, 0.25) is 0 Å². The topological polar surface area (TPSA) is 65.8 Å². The van der Waals surface area contributed by atoms with E-state index in [4.69, 9.17) is 5.26 Å². The molecule has 0 radical (unpaired) electrons. The first-order chi connectivity index (χ1) is 8.74. The van der Waals surface area contributed by atoms with E-state index < -0.39 is 5.92 Å². The molecule has 4 nitrogen and oxygen atoms in total. The maximum absolute atomic E-state index is 11.9. The number of rotatable bonds is 4. The minimum absolute atomic E-state index is 0.233. The van der Waals surface area contributed by atoms with Crippen LogP contribution in [-0.2, 0) is 4.79 Å². The van der Waals surface area contributed by atoms with Gasteiger partial charge in [0.2, 0.25) is 5.91 Å². The molecule has 5 heteroatoms. The average Bonchev–Trinajstić information content (AvgIpc) is 2.83. The van der Waals surface area contributed by atoms with Crippen LogP contribution in [0.1, 0.15) is 19.8 Å². The summed E-state index contributed by atoms with van der Waals surface area (Å²) in [5, 5.41) is 11.7. The average molecular weight is 259 g/mol. The molecule has 0 aliphatic heterocycles. The van der Waals surface area contributed by atoms with E-state index in [1.54, 1.807) is 11.6 Å². The molecule has 2 rings (SSSR count). The van der Waals surface area contributed by atoms with E-state index in [1.807, 2.05) is 25.1 Å². The van der Waals surface area contributed by atoms with Crippen molar-refractivity contribution in [2.45, 2.75) is 19.8 Å². The number of benzene rings is 1. The molecule has 1 amide bonds. The molecule has 0 spiro atoms. The Kier molecular flexibility index (Phi) is 3.90. The van der Waals surface area contributed by atoms with Gasteiger partial charge in [0, 0.05) is 5.69 Å². The van der Waals surface area contributed by atoms with Crippen molar-refractivity contribution in [2.75, 3.05) is 5.32 Å². The fraction of sp³-hybridized carbons (Fsp3) is 0.308. The molecule has 1 unspecified atom stereocenters. The largest absolute Gasteiger partial charge is 0.325 e. The molecule has 0 bridgehead atoms. The molecule has 0 aliphatic carbocycles. The van der Waals surface area contributed by atoms with Crippen LogP contribution in [0, 0.1) is 17.2 Å². The van der Waals surface area contributed by atoms with Crippen molar-refractivity contribution in [1.29, 1.82) is 5.26 Å². The summed E-state index contributed by atoms with van der Waals surface area (Å²) in [6.07, 6.45) is 1.41. The third kappa shape index (κ3) is 2.66. The summed E-state index contributed by atoms with van der Waals surface area (Å²) in [6.45, 7) is 1.96. The van der Waals surface area contributed by atoms with Gasteiger partial charge >= 0.3 is 0 Å². The summed E-state index contributed by atoms with van der Waals surface area (Å²) in [7, 11) is 0. The van der Waals surface area contributed by atoms with Gasteiger partial charge in [-0.25, -0.2) is 4.98 Å². The molecular weight excluding hydrogens is 246 g/mol. The van der Waals surface area contributed by atoms with Crippen LogP contribution in [-0.4, -0.2) is 10.9 Å². The number of thiazole rings is 1. The summed E-state index contributed by atoms with van der Waals surface area (Å²) in [5.74, 6) is -0.810. The van der Waals surface area contributed by atoms with Gasteiger partial charge in [0.1, 0.15) is 5.92 Å². The van der Waals surface area contributed by atoms with Crippen LogP contribution in [0.25, 0.3) is 10.2 Å². The van der Waals surface area contributed by atoms with Gasteiger partial charge < -0.3 is 5.32 Å². The van der Waals surface area contributed by atoms with Gasteiger partial charge in [-0.05, 0) is 24.6 Å². The number of hydrogen-bond donors (Lipinski definition) is 1. The Labute approximate surface area is 109 Å². The molecule has 1 aromatic carbocycles. The Bertz CT molecular complexity index is 600. The fourth-order valence-electron chi connectivity index (χ4n) is 1.71. The number of nitrogens with one attached hydrogen (secondary N) is 1. The lowest BCUT2D eigenvalue weighted by atomic mass is 10.0. The highest BCUT2D eigenvalue weighted by Gasteiger charge is 2.16. The number of anilines is 1. The van der Waals surface area contributed by atoms with Crippen molar-refractivity contribution < 1.29 is 4.79 Å². The Morgan fingerprint density at radius 2 is 2.44 bits per heavy atom. The highest BCUT2D eigenvalue weighted by molar-refractivity contribution is 7.16. The van der Waals surface area contributed by atoms with E-state index in [1.165, 1.54) is 11.3 Å². The summed E-state index contributed by atoms with van der Waals surface area (Å²) in [4.78, 5) is 16.0. The van der Waals surface area contributed by atoms with Crippen molar-refractivity contribution in [3.8, 4) is 6.07 Å². The lowest BCUT2D eigenvalue weighted by molar-refractivity contribution is -0.118. The maximum Gasteiger partial charge on any atom is 0.241 e. The second kappa shape index (κ2) is 5.61. The minimum atomic E-state index is -0.577. The quantitative estimate of drug-likeness (QED) is 0.917. The fourth-order valence-corrected chi connectivity index (χ4v) is 2.42. The van der Waals surface area contributed by atoms with Gasteiger partial charge in [0.15, 0.2) is 0 Å². The molecule has 0 saturated carbocycles. The predicted molar refractivity (Wildman–Crippen MR) is 72.3 cm³/mol. The number of hydrogen-bond acceptors (Lipinski definition) is 4. The van der Waals surface area contributed by atoms with E-state index >= 15 is 0 Å². The Morgan fingerprint density at radius 3 is 3.17 bits per heavy atom. The summed E-state index contributed by atoms with van der Waals surface area (Å²) >= 11 is 1.53. The molecule has 1 N–H and O–H groups in total. The molecular formula is C13H13N3OS. The van der Waals surface area contributed by atoms with Crippen LogP contribution in [0.15, 0.2) is 23.7 Å². The third-order valence-corrected chi connectivity index (χ3v) is 3.44. The molecule has 0 aliphatic rings. The summed E-state index contributed by atoms with van der Waals surface area (Å²) < 4.78 is 1.02. The second-order valence-electron chi connectivity index (χ2n) is 3.99. The van der Waals surface area contributed by atoms with E-state index in [-0.39, 0.29) is 5.91 Å². The van der Waals surface area contributed by atoms with Gasteiger partial charge in [-0.3, -0.25) is 4.79 Å². The van der Waals surface area contributed by atoms with E-state index in [0.29, 0.717) is 12.1 Å². The van der Waals surface area contributed by atoms with E-state index in [9.17, 15) is 4.79 Å². The first kappa shape index (κ1) is 12.5. The number of carbonyl (C=O) groups is 1. The number of nitriles is 1. The Morgan fingerprint density at radius 1 is 1.61 bits per heavy atom. The summed E-state index contributed by atoms with van der Waals surface area (Å²) in [5.41, 5.74) is 3.40. The van der Waals surface area contributed by atoms with Crippen molar-refractivity contribution in [2.24, 2.45) is 5.92 Å². The maximum atomic E-state index is 11.9. The number of amides is 1. The molecule has 92 valence electrons. The molecule has 0 saturated heterocycles. The summed E-state index contributed by atoms with van der Waals surface area (Å²) in [6, 6.07) is 7.58. The van der Waals surface area contributed by atoms with Crippen molar-refractivity contribution in [1.82, 2.24) is 4.98 Å². The standard InChI is InChI=1S/C13H13N3OS/c1-2-3-9(7-14)13(17)16-10-4-5-11-12(6-10)18-8-15-11/h4-6,8-9H,2-3H2,1H3,(H,16,17). The van der Waals surface area contributed by atoms with Crippen molar-refractivity contribution in [3.05, 3.63) is 23.7 Å². The van der Waals surface area contributed by atoms with Crippen LogP contribution < -0.4 is 5.32 Å². The van der Waals surface area contributed by atoms with Crippen molar-refractivity contribution in [3.63, 3.8) is 0 Å². The molecule has 1 aromatic heterocycles. The van der Waals surface area contributed by atoms with E-state index in [0.717, 1.165) is 16.6 Å². The predicted octanol–water partition coefficient (Wildman–Crippen LogP) is 3.17. The van der Waals surface area contributed by atoms with Gasteiger partial charge in [-0.15, -0.1) is 11.3 Å². The van der Waals surface area contributed by atoms with Crippen LogP contribution in [0.5, 0.6) is 0 Å². The zero-order valence-electron chi connectivity index (χ0n) is 10.0. The number of nitrogens with zero attached hydrogens (tertiary/aromatic N) is 2. The zero-order valence-corrected chi connectivity index (χ0v) is 10.8. The molecule has 1 heterocycles. The van der Waals surface area contributed by atoms with Gasteiger partial charge in [-0.2, -0.15) is 5.26 Å². The van der Waals surface area contributed by atoms with Gasteiger partial charge in [-0.1, -0.05) is 13.3 Å². The van der Waals surface area contributed by atoms with Crippen molar-refractivity contribution >= 4 is 33.1 Å². The molecule has 2 aromatic rings. The van der Waals surface area contributed by atoms with Crippen LogP contribution in [0.3, 0.4) is 0 Å². The Hall–Kier alpha value is -1.93. The molecule has 18 heavy (non-hydrogen) atoms. The third-order valence-electron chi connectivity index (χ3n) is 2.65. The smallest absolute Gasteiger partial charge is 0.241 e. The number of carbonyl (C=O) groups excluding carboxylic acids is 1. The SMILES string of the molecule is CCCC(C#N)C(=O)Nc1ccc2ncsc2c1. The minimum Gasteiger partial charge on any atom is -0.325 e. The first-order valence-electron chi connectivity index (χ1n) is 5.78.